The van der Waals surface area contributed by atoms with Crippen LogP contribution in [-0.4, -0.2) is 22.9 Å². The van der Waals surface area contributed by atoms with Gasteiger partial charge in [-0.1, -0.05) is 12.8 Å². The van der Waals surface area contributed by atoms with Gasteiger partial charge in [0.1, 0.15) is 0 Å². The van der Waals surface area contributed by atoms with Crippen LogP contribution in [0.15, 0.2) is 24.5 Å². The van der Waals surface area contributed by atoms with Crippen molar-refractivity contribution in [3.63, 3.8) is 0 Å². The zero-order valence-corrected chi connectivity index (χ0v) is 10.5. The smallest absolute Gasteiger partial charge is 0.229 e. The molecule has 0 saturated heterocycles. The fourth-order valence-electron chi connectivity index (χ4n) is 2.71. The van der Waals surface area contributed by atoms with Crippen molar-refractivity contribution in [3.8, 4) is 0 Å². The highest BCUT2D eigenvalue weighted by Gasteiger charge is 2.26. The summed E-state index contributed by atoms with van der Waals surface area (Å²) in [6.07, 6.45) is 6.12. The van der Waals surface area contributed by atoms with Gasteiger partial charge in [-0.05, 0) is 31.0 Å². The fourth-order valence-corrected chi connectivity index (χ4v) is 2.71. The molecular formula is C14H17N3O. The maximum absolute atomic E-state index is 12.3. The minimum Gasteiger partial charge on any atom is -0.345 e. The van der Waals surface area contributed by atoms with E-state index in [1.165, 1.54) is 12.8 Å². The van der Waals surface area contributed by atoms with Gasteiger partial charge in [0.15, 0.2) is 0 Å². The molecule has 0 unspecified atom stereocenters. The second kappa shape index (κ2) is 4.44. The lowest BCUT2D eigenvalue weighted by Crippen LogP contribution is -2.31. The number of carbonyl (C=O) groups excluding carboxylic acids is 1. The number of imidazole rings is 1. The highest BCUT2D eigenvalue weighted by atomic mass is 16.2. The average Bonchev–Trinajstić information content (AvgIpc) is 3.06. The Labute approximate surface area is 106 Å². The van der Waals surface area contributed by atoms with E-state index in [1.807, 2.05) is 25.2 Å². The van der Waals surface area contributed by atoms with Crippen molar-refractivity contribution in [1.29, 1.82) is 0 Å². The quantitative estimate of drug-likeness (QED) is 0.881. The van der Waals surface area contributed by atoms with Gasteiger partial charge >= 0.3 is 0 Å². The molecule has 1 aliphatic rings. The van der Waals surface area contributed by atoms with Crippen molar-refractivity contribution in [2.24, 2.45) is 5.92 Å². The molecule has 0 bridgehead atoms. The molecule has 1 N–H and O–H groups in total. The lowest BCUT2D eigenvalue weighted by molar-refractivity contribution is -0.121. The van der Waals surface area contributed by atoms with Crippen LogP contribution in [0.2, 0.25) is 0 Å². The third-order valence-corrected chi connectivity index (χ3v) is 3.83. The SMILES string of the molecule is CN(C(=O)C1CCCC1)c1ccc2nc[nH]c2c1. The molecule has 4 nitrogen and oxygen atoms in total. The van der Waals surface area contributed by atoms with Gasteiger partial charge in [-0.2, -0.15) is 0 Å². The Kier molecular flexibility index (Phi) is 2.78. The first-order valence-corrected chi connectivity index (χ1v) is 6.46. The molecule has 1 aromatic carbocycles. The minimum atomic E-state index is 0.215. The molecule has 3 rings (SSSR count). The van der Waals surface area contributed by atoms with Crippen molar-refractivity contribution in [2.75, 3.05) is 11.9 Å². The first-order valence-electron chi connectivity index (χ1n) is 6.46. The summed E-state index contributed by atoms with van der Waals surface area (Å²) in [6.45, 7) is 0. The number of hydrogen-bond donors (Lipinski definition) is 1. The highest BCUT2D eigenvalue weighted by Crippen LogP contribution is 2.28. The van der Waals surface area contributed by atoms with Gasteiger partial charge in [0, 0.05) is 18.7 Å². The Morgan fingerprint density at radius 3 is 2.94 bits per heavy atom. The van der Waals surface area contributed by atoms with Crippen molar-refractivity contribution < 1.29 is 4.79 Å². The number of nitrogens with zero attached hydrogens (tertiary/aromatic N) is 2. The number of aromatic amines is 1. The molecule has 0 atom stereocenters. The molecule has 1 aliphatic carbocycles. The second-order valence-electron chi connectivity index (χ2n) is 4.98. The van der Waals surface area contributed by atoms with Crippen molar-refractivity contribution in [1.82, 2.24) is 9.97 Å². The van der Waals surface area contributed by atoms with Crippen LogP contribution in [0.25, 0.3) is 11.0 Å². The molecule has 1 amide bonds. The zero-order chi connectivity index (χ0) is 12.5. The predicted octanol–water partition coefficient (Wildman–Crippen LogP) is 2.72. The summed E-state index contributed by atoms with van der Waals surface area (Å²) in [4.78, 5) is 21.4. The van der Waals surface area contributed by atoms with Gasteiger partial charge in [-0.3, -0.25) is 4.79 Å². The van der Waals surface area contributed by atoms with Crippen LogP contribution < -0.4 is 4.90 Å². The van der Waals surface area contributed by atoms with Crippen LogP contribution in [0.5, 0.6) is 0 Å². The van der Waals surface area contributed by atoms with Crippen LogP contribution in [0, 0.1) is 5.92 Å². The summed E-state index contributed by atoms with van der Waals surface area (Å²) < 4.78 is 0. The van der Waals surface area contributed by atoms with Crippen molar-refractivity contribution >= 4 is 22.6 Å². The highest BCUT2D eigenvalue weighted by molar-refractivity contribution is 5.96. The number of anilines is 1. The number of aromatic nitrogens is 2. The summed E-state index contributed by atoms with van der Waals surface area (Å²) in [5.74, 6) is 0.457. The van der Waals surface area contributed by atoms with Gasteiger partial charge in [0.2, 0.25) is 5.91 Å². The van der Waals surface area contributed by atoms with Crippen LogP contribution in [-0.2, 0) is 4.79 Å². The first kappa shape index (κ1) is 11.3. The van der Waals surface area contributed by atoms with Crippen molar-refractivity contribution in [3.05, 3.63) is 24.5 Å². The number of rotatable bonds is 2. The summed E-state index contributed by atoms with van der Waals surface area (Å²) in [5.41, 5.74) is 2.84. The summed E-state index contributed by atoms with van der Waals surface area (Å²) in [6, 6.07) is 5.88. The Hall–Kier alpha value is -1.84. The van der Waals surface area contributed by atoms with E-state index in [0.717, 1.165) is 29.6 Å². The van der Waals surface area contributed by atoms with Crippen molar-refractivity contribution in [2.45, 2.75) is 25.7 Å². The van der Waals surface area contributed by atoms with Gasteiger partial charge in [0.05, 0.1) is 17.4 Å². The summed E-state index contributed by atoms with van der Waals surface area (Å²) >= 11 is 0. The van der Waals surface area contributed by atoms with Crippen LogP contribution in [0.1, 0.15) is 25.7 Å². The van der Waals surface area contributed by atoms with Crippen LogP contribution in [0.4, 0.5) is 5.69 Å². The van der Waals surface area contributed by atoms with Gasteiger partial charge < -0.3 is 9.88 Å². The van der Waals surface area contributed by atoms with E-state index in [9.17, 15) is 4.79 Å². The van der Waals surface area contributed by atoms with E-state index < -0.39 is 0 Å². The molecule has 18 heavy (non-hydrogen) atoms. The molecule has 94 valence electrons. The maximum Gasteiger partial charge on any atom is 0.229 e. The Bertz CT molecular complexity index is 569. The normalized spacial score (nSPS) is 16.3. The van der Waals surface area contributed by atoms with Gasteiger partial charge in [-0.25, -0.2) is 4.98 Å². The number of fused-ring (bicyclic) bond motifs is 1. The monoisotopic (exact) mass is 243 g/mol. The predicted molar refractivity (Wildman–Crippen MR) is 71.5 cm³/mol. The van der Waals surface area contributed by atoms with Gasteiger partial charge in [-0.15, -0.1) is 0 Å². The van der Waals surface area contributed by atoms with E-state index in [-0.39, 0.29) is 11.8 Å². The topological polar surface area (TPSA) is 49.0 Å². The zero-order valence-electron chi connectivity index (χ0n) is 10.5. The maximum atomic E-state index is 12.3. The third kappa shape index (κ3) is 1.88. The minimum absolute atomic E-state index is 0.215. The third-order valence-electron chi connectivity index (χ3n) is 3.83. The summed E-state index contributed by atoms with van der Waals surface area (Å²) in [7, 11) is 1.86. The molecule has 0 aliphatic heterocycles. The lowest BCUT2D eigenvalue weighted by atomic mass is 10.1. The van der Waals surface area contributed by atoms with Crippen LogP contribution >= 0.6 is 0 Å². The van der Waals surface area contributed by atoms with E-state index in [0.29, 0.717) is 0 Å². The van der Waals surface area contributed by atoms with E-state index >= 15 is 0 Å². The molecular weight excluding hydrogens is 226 g/mol. The Morgan fingerprint density at radius 2 is 2.17 bits per heavy atom. The lowest BCUT2D eigenvalue weighted by Gasteiger charge is -2.21. The first-order chi connectivity index (χ1) is 8.75. The molecule has 4 heteroatoms. The number of nitrogens with one attached hydrogen (secondary N) is 1. The molecule has 0 spiro atoms. The molecule has 1 saturated carbocycles. The molecule has 1 aromatic heterocycles. The largest absolute Gasteiger partial charge is 0.345 e. The summed E-state index contributed by atoms with van der Waals surface area (Å²) in [5, 5.41) is 0. The molecule has 1 heterocycles. The average molecular weight is 243 g/mol. The number of H-pyrrole nitrogens is 1. The van der Waals surface area contributed by atoms with E-state index in [1.54, 1.807) is 11.2 Å². The Morgan fingerprint density at radius 1 is 1.39 bits per heavy atom. The standard InChI is InChI=1S/C14H17N3O/c1-17(14(18)10-4-2-3-5-10)11-6-7-12-13(8-11)16-9-15-12/h6-10H,2-5H2,1H3,(H,15,16). The Balaban J connectivity index is 1.85. The van der Waals surface area contributed by atoms with Crippen LogP contribution in [0.3, 0.4) is 0 Å². The molecule has 1 fully saturated rings. The number of carbonyl (C=O) groups is 1. The number of amides is 1. The number of benzene rings is 1. The molecule has 2 aromatic rings. The second-order valence-corrected chi connectivity index (χ2v) is 4.98. The van der Waals surface area contributed by atoms with E-state index in [2.05, 4.69) is 9.97 Å². The van der Waals surface area contributed by atoms with E-state index in [4.69, 9.17) is 0 Å². The fraction of sp³-hybridized carbons (Fsp3) is 0.429. The van der Waals surface area contributed by atoms with Gasteiger partial charge in [0.25, 0.3) is 0 Å². The number of hydrogen-bond acceptors (Lipinski definition) is 2. The molecule has 0 radical (unpaired) electrons.